The minimum absolute atomic E-state index is 0. The van der Waals surface area contributed by atoms with Crippen LogP contribution in [-0.4, -0.2) is 33.9 Å². The first-order valence-corrected chi connectivity index (χ1v) is 8.64. The van der Waals surface area contributed by atoms with Crippen LogP contribution in [0.4, 0.5) is 5.69 Å². The van der Waals surface area contributed by atoms with Crippen molar-refractivity contribution >= 4 is 25.5 Å². The van der Waals surface area contributed by atoms with Crippen LogP contribution in [0.1, 0.15) is 19.4 Å². The van der Waals surface area contributed by atoms with Gasteiger partial charge < -0.3 is 28.9 Å². The molecule has 140 valence electrons. The zero-order chi connectivity index (χ0) is 20.1. The Morgan fingerprint density at radius 3 is 2.29 bits per heavy atom. The molecule has 0 bridgehead atoms. The molecule has 1 rings (SSSR count). The maximum atomic E-state index is 12.2. The number of amides is 1. The van der Waals surface area contributed by atoms with Crippen LogP contribution in [0.5, 0.6) is 11.5 Å². The second-order valence-electron chi connectivity index (χ2n) is 4.83. The van der Waals surface area contributed by atoms with E-state index in [0.717, 1.165) is 18.2 Å². The van der Waals surface area contributed by atoms with Crippen LogP contribution in [0.3, 0.4) is 0 Å². The Morgan fingerprint density at radius 1 is 1.36 bits per heavy atom. The van der Waals surface area contributed by atoms with Crippen LogP contribution in [0.15, 0.2) is 17.7 Å². The van der Waals surface area contributed by atoms with Crippen LogP contribution >= 0.6 is 7.82 Å². The van der Waals surface area contributed by atoms with Gasteiger partial charge >= 0.3 is 64.8 Å². The first kappa shape index (κ1) is 29.3. The molecule has 0 saturated heterocycles. The van der Waals surface area contributed by atoms with Crippen molar-refractivity contribution in [2.24, 2.45) is 0 Å². The Bertz CT molecular complexity index is 846. The number of benzene rings is 1. The summed E-state index contributed by atoms with van der Waals surface area (Å²) in [7, 11) is -5.61. The molecular weight excluding hydrogens is 415 g/mol. The van der Waals surface area contributed by atoms with Crippen LogP contribution in [0, 0.1) is 21.4 Å². The van der Waals surface area contributed by atoms with E-state index in [2.05, 4.69) is 4.52 Å². The van der Waals surface area contributed by atoms with E-state index in [4.69, 9.17) is 5.26 Å². The van der Waals surface area contributed by atoms with Gasteiger partial charge in [0.2, 0.25) is 5.75 Å². The minimum Gasteiger partial charge on any atom is -0.780 e. The number of nitriles is 1. The number of carbonyl (C=O) groups excluding carboxylic acids is 1. The second-order valence-corrected chi connectivity index (χ2v) is 5.91. The SMILES string of the molecule is CCN(CC)C(=O)/C(C#N)=C/c1cc(OP(=O)([O-])[O-])c(O)c([N+](=O)[O-])c1.[Na+].[Na+]. The van der Waals surface area contributed by atoms with Crippen molar-refractivity contribution in [1.29, 1.82) is 5.26 Å². The number of likely N-dealkylation sites (N-methyl/N-ethyl adjacent to an activating group) is 1. The number of hydrogen-bond donors (Lipinski definition) is 1. The summed E-state index contributed by atoms with van der Waals surface area (Å²) >= 11 is 0. The maximum absolute atomic E-state index is 12.2. The maximum Gasteiger partial charge on any atom is 1.00 e. The standard InChI is InChI=1S/C14H16N3O8P.2Na/c1-3-16(4-2)14(19)10(8-15)5-9-6-11(17(20)21)13(18)12(7-9)25-26(22,23)24;;/h5-7,18H,3-4H2,1-2H3,(H2,22,23,24);;/q;2*+1/p-2/b10-5+;;. The Morgan fingerprint density at radius 2 is 1.89 bits per heavy atom. The summed E-state index contributed by atoms with van der Waals surface area (Å²) in [6.45, 7) is 4.00. The molecule has 28 heavy (non-hydrogen) atoms. The molecule has 0 saturated carbocycles. The molecule has 1 amide bonds. The summed E-state index contributed by atoms with van der Waals surface area (Å²) in [6.07, 6.45) is 0.959. The molecule has 0 fully saturated rings. The number of nitro groups is 1. The van der Waals surface area contributed by atoms with Gasteiger partial charge in [-0.2, -0.15) is 5.26 Å². The Balaban J connectivity index is 0. The smallest absolute Gasteiger partial charge is 0.780 e. The first-order valence-electron chi connectivity index (χ1n) is 7.18. The van der Waals surface area contributed by atoms with Gasteiger partial charge in [0.1, 0.15) is 19.5 Å². The van der Waals surface area contributed by atoms with E-state index < -0.39 is 35.8 Å². The minimum atomic E-state index is -5.61. The van der Waals surface area contributed by atoms with E-state index in [0.29, 0.717) is 13.1 Å². The summed E-state index contributed by atoms with van der Waals surface area (Å²) in [5.41, 5.74) is -1.53. The Hall–Kier alpha value is -0.930. The molecule has 0 aromatic heterocycles. The van der Waals surface area contributed by atoms with E-state index in [1.54, 1.807) is 19.9 Å². The van der Waals surface area contributed by atoms with Crippen molar-refractivity contribution in [1.82, 2.24) is 4.90 Å². The van der Waals surface area contributed by atoms with Crippen LogP contribution in [0.2, 0.25) is 0 Å². The molecule has 0 atom stereocenters. The third-order valence-corrected chi connectivity index (χ3v) is 3.62. The van der Waals surface area contributed by atoms with Gasteiger partial charge in [0, 0.05) is 19.2 Å². The van der Waals surface area contributed by atoms with Crippen molar-refractivity contribution in [3.05, 3.63) is 33.4 Å². The van der Waals surface area contributed by atoms with Crippen LogP contribution < -0.4 is 73.4 Å². The normalized spacial score (nSPS) is 10.8. The van der Waals surface area contributed by atoms with Gasteiger partial charge in [0.05, 0.1) is 4.92 Å². The van der Waals surface area contributed by atoms with Gasteiger partial charge in [-0.15, -0.1) is 0 Å². The van der Waals surface area contributed by atoms with Gasteiger partial charge in [-0.1, -0.05) is 0 Å². The van der Waals surface area contributed by atoms with Gasteiger partial charge in [-0.05, 0) is 31.6 Å². The molecule has 0 heterocycles. The molecule has 11 nitrogen and oxygen atoms in total. The molecule has 14 heteroatoms. The van der Waals surface area contributed by atoms with Crippen LogP contribution in [0.25, 0.3) is 6.08 Å². The summed E-state index contributed by atoms with van der Waals surface area (Å²) in [5, 5.41) is 29.8. The predicted molar refractivity (Wildman–Crippen MR) is 84.5 cm³/mol. The molecule has 1 N–H and O–H groups in total. The zero-order valence-electron chi connectivity index (χ0n) is 15.7. The van der Waals surface area contributed by atoms with Crippen molar-refractivity contribution in [2.45, 2.75) is 13.8 Å². The molecule has 0 spiro atoms. The fourth-order valence-electron chi connectivity index (χ4n) is 2.02. The molecule has 0 unspecified atom stereocenters. The third-order valence-electron chi connectivity index (χ3n) is 3.20. The molecule has 0 aliphatic carbocycles. The number of phosphoric acid groups is 1. The monoisotopic (exact) mass is 429 g/mol. The summed E-state index contributed by atoms with van der Waals surface area (Å²) < 4.78 is 14.8. The fourth-order valence-corrected chi connectivity index (χ4v) is 2.40. The Labute approximate surface area is 205 Å². The average molecular weight is 429 g/mol. The summed E-state index contributed by atoms with van der Waals surface area (Å²) in [4.78, 5) is 45.0. The molecule has 0 radical (unpaired) electrons. The number of rotatable bonds is 7. The van der Waals surface area contributed by atoms with E-state index >= 15 is 0 Å². The zero-order valence-corrected chi connectivity index (χ0v) is 20.6. The largest absolute Gasteiger partial charge is 1.00 e. The van der Waals surface area contributed by atoms with Gasteiger partial charge in [-0.3, -0.25) is 14.9 Å². The van der Waals surface area contributed by atoms with E-state index in [1.807, 2.05) is 0 Å². The van der Waals surface area contributed by atoms with Gasteiger partial charge in [0.15, 0.2) is 5.75 Å². The topological polar surface area (TPSA) is 180 Å². The number of aromatic hydroxyl groups is 1. The molecule has 0 aliphatic heterocycles. The van der Waals surface area contributed by atoms with E-state index in [1.165, 1.54) is 4.90 Å². The second kappa shape index (κ2) is 12.6. The van der Waals surface area contributed by atoms with Gasteiger partial charge in [-0.25, -0.2) is 0 Å². The summed E-state index contributed by atoms with van der Waals surface area (Å²) in [6, 6.07) is 3.24. The Kier molecular flexibility index (Phi) is 13.2. The fraction of sp³-hybridized carbons (Fsp3) is 0.286. The summed E-state index contributed by atoms with van der Waals surface area (Å²) in [5.74, 6) is -2.80. The quantitative estimate of drug-likeness (QED) is 0.110. The van der Waals surface area contributed by atoms with Crippen molar-refractivity contribution < 1.29 is 92.8 Å². The molecule has 0 aliphatic rings. The number of phenolic OH excluding ortho intramolecular Hbond substituents is 1. The van der Waals surface area contributed by atoms with Crippen molar-refractivity contribution in [2.75, 3.05) is 13.1 Å². The number of phenols is 1. The number of carbonyl (C=O) groups is 1. The van der Waals surface area contributed by atoms with Crippen molar-refractivity contribution in [3.63, 3.8) is 0 Å². The van der Waals surface area contributed by atoms with E-state index in [-0.39, 0.29) is 70.3 Å². The van der Waals surface area contributed by atoms with Crippen molar-refractivity contribution in [3.8, 4) is 17.6 Å². The van der Waals surface area contributed by atoms with Gasteiger partial charge in [0.25, 0.3) is 5.91 Å². The van der Waals surface area contributed by atoms with Crippen LogP contribution in [-0.2, 0) is 9.36 Å². The number of nitrogens with zero attached hydrogens (tertiary/aromatic N) is 3. The molecule has 1 aromatic rings. The average Bonchev–Trinajstić information content (AvgIpc) is 2.54. The van der Waals surface area contributed by atoms with E-state index in [9.17, 15) is 34.4 Å². The third kappa shape index (κ3) is 8.21. The number of phosphoric ester groups is 1. The predicted octanol–water partition coefficient (Wildman–Crippen LogP) is -5.71. The number of hydrogen-bond acceptors (Lipinski definition) is 9. The first-order chi connectivity index (χ1) is 12.0. The number of nitro benzene ring substituents is 1. The molecule has 1 aromatic carbocycles. The molecular formula is C14H14N3Na2O8P.